The lowest BCUT2D eigenvalue weighted by Crippen LogP contribution is -2.50. The number of amides is 1. The van der Waals surface area contributed by atoms with Gasteiger partial charge in [0.1, 0.15) is 12.7 Å². The molecule has 2 rings (SSSR count). The van der Waals surface area contributed by atoms with Crippen molar-refractivity contribution in [3.63, 3.8) is 0 Å². The van der Waals surface area contributed by atoms with Crippen molar-refractivity contribution >= 4 is 24.1 Å². The Morgan fingerprint density at radius 2 is 2.38 bits per heavy atom. The molecule has 1 aliphatic rings. The molecule has 2 unspecified atom stereocenters. The number of carbonyl (C=O) groups excluding carboxylic acids is 1. The number of aryl methyl sites for hydroxylation is 1. The molecule has 0 bridgehead atoms. The molecule has 1 amide bonds. The van der Waals surface area contributed by atoms with Gasteiger partial charge < -0.3 is 20.7 Å². The van der Waals surface area contributed by atoms with Gasteiger partial charge >= 0.3 is 5.82 Å². The van der Waals surface area contributed by atoms with Crippen molar-refractivity contribution in [2.24, 2.45) is 5.92 Å². The van der Waals surface area contributed by atoms with E-state index in [0.29, 0.717) is 11.7 Å². The first-order valence-electron chi connectivity index (χ1n) is 6.65. The van der Waals surface area contributed by atoms with E-state index in [1.165, 1.54) is 10.8 Å². The van der Waals surface area contributed by atoms with Gasteiger partial charge in [-0.25, -0.2) is 0 Å². The number of rotatable bonds is 4. The molecule has 0 aliphatic carbocycles. The number of imidazole rings is 1. The molecule has 0 saturated carbocycles. The molecule has 0 spiro atoms. The molecule has 2 N–H and O–H groups in total. The summed E-state index contributed by atoms with van der Waals surface area (Å²) < 4.78 is 1.49. The predicted molar refractivity (Wildman–Crippen MR) is 79.4 cm³/mol. The summed E-state index contributed by atoms with van der Waals surface area (Å²) in [4.78, 5) is 25.9. The molecular weight excluding hydrogens is 298 g/mol. The van der Waals surface area contributed by atoms with Gasteiger partial charge in [0, 0.05) is 19.5 Å². The monoisotopic (exact) mass is 317 g/mol. The van der Waals surface area contributed by atoms with Crippen LogP contribution in [0.2, 0.25) is 0 Å². The molecule has 2 heterocycles. The number of nitrogens with zero attached hydrogens (tertiary/aromatic N) is 3. The number of carbonyl (C=O) groups is 1. The van der Waals surface area contributed by atoms with Crippen LogP contribution in [0.15, 0.2) is 6.20 Å². The van der Waals surface area contributed by atoms with E-state index in [1.807, 2.05) is 0 Å². The first-order valence-corrected chi connectivity index (χ1v) is 6.65. The maximum Gasteiger partial charge on any atom is 0.381 e. The Labute approximate surface area is 128 Å². The summed E-state index contributed by atoms with van der Waals surface area (Å²) in [7, 11) is 0. The Morgan fingerprint density at radius 3 is 2.95 bits per heavy atom. The zero-order chi connectivity index (χ0) is 14.7. The minimum absolute atomic E-state index is 0. The lowest BCUT2D eigenvalue weighted by Gasteiger charge is -2.30. The number of piperidine rings is 1. The van der Waals surface area contributed by atoms with Gasteiger partial charge in [0.15, 0.2) is 0 Å². The van der Waals surface area contributed by atoms with Gasteiger partial charge in [-0.1, -0.05) is 6.92 Å². The number of hydrogen-bond acceptors (Lipinski definition) is 5. The van der Waals surface area contributed by atoms with Crippen molar-refractivity contribution < 1.29 is 9.72 Å². The van der Waals surface area contributed by atoms with Gasteiger partial charge in [-0.2, -0.15) is 0 Å². The molecule has 1 aromatic rings. The highest BCUT2D eigenvalue weighted by Crippen LogP contribution is 2.12. The summed E-state index contributed by atoms with van der Waals surface area (Å²) >= 11 is 0. The fourth-order valence-electron chi connectivity index (χ4n) is 2.33. The summed E-state index contributed by atoms with van der Waals surface area (Å²) in [6.45, 7) is 5.54. The highest BCUT2D eigenvalue weighted by molar-refractivity contribution is 5.85. The van der Waals surface area contributed by atoms with Crippen LogP contribution in [0.4, 0.5) is 5.82 Å². The first kappa shape index (κ1) is 17.4. The Balaban J connectivity index is 0.00000220. The van der Waals surface area contributed by atoms with E-state index < -0.39 is 4.92 Å². The van der Waals surface area contributed by atoms with Crippen molar-refractivity contribution in [2.75, 3.05) is 13.1 Å². The van der Waals surface area contributed by atoms with E-state index in [-0.39, 0.29) is 36.7 Å². The largest absolute Gasteiger partial charge is 0.381 e. The molecule has 1 fully saturated rings. The van der Waals surface area contributed by atoms with Gasteiger partial charge in [0.2, 0.25) is 11.7 Å². The molecule has 8 nitrogen and oxygen atoms in total. The van der Waals surface area contributed by atoms with Crippen LogP contribution in [0, 0.1) is 23.0 Å². The first-order chi connectivity index (χ1) is 9.47. The van der Waals surface area contributed by atoms with Crippen molar-refractivity contribution in [3.05, 3.63) is 22.1 Å². The lowest BCUT2D eigenvalue weighted by molar-refractivity contribution is -0.389. The molecule has 2 atom stereocenters. The minimum Gasteiger partial charge on any atom is -0.358 e. The maximum absolute atomic E-state index is 12.0. The molecule has 118 valence electrons. The second kappa shape index (κ2) is 7.37. The molecule has 21 heavy (non-hydrogen) atoms. The summed E-state index contributed by atoms with van der Waals surface area (Å²) in [6.07, 6.45) is 2.32. The van der Waals surface area contributed by atoms with Crippen molar-refractivity contribution in [1.82, 2.24) is 20.2 Å². The standard InChI is InChI=1S/C12H19N5O3.ClH/c1-8-3-4-13-5-10(8)15-12(18)7-16-6-11(17(19)20)14-9(16)2;/h6,8,10,13H,3-5,7H2,1-2H3,(H,15,18);1H. The lowest BCUT2D eigenvalue weighted by atomic mass is 9.95. The molecular formula is C12H20ClN5O3. The molecule has 0 aromatic carbocycles. The summed E-state index contributed by atoms with van der Waals surface area (Å²) in [5.41, 5.74) is 0. The van der Waals surface area contributed by atoms with Crippen molar-refractivity contribution in [1.29, 1.82) is 0 Å². The molecule has 9 heteroatoms. The SMILES string of the molecule is Cc1nc([N+](=O)[O-])cn1CC(=O)NC1CNCCC1C.Cl. The van der Waals surface area contributed by atoms with E-state index in [1.54, 1.807) is 6.92 Å². The minimum atomic E-state index is -0.561. The number of halogens is 1. The van der Waals surface area contributed by atoms with Gasteiger partial charge in [-0.05, 0) is 28.8 Å². The molecule has 1 aliphatic heterocycles. The zero-order valence-corrected chi connectivity index (χ0v) is 12.9. The summed E-state index contributed by atoms with van der Waals surface area (Å²) in [5.74, 6) is 0.504. The van der Waals surface area contributed by atoms with Crippen LogP contribution in [-0.2, 0) is 11.3 Å². The van der Waals surface area contributed by atoms with Crippen molar-refractivity contribution in [2.45, 2.75) is 32.9 Å². The van der Waals surface area contributed by atoms with Crippen LogP contribution in [0.1, 0.15) is 19.2 Å². The zero-order valence-electron chi connectivity index (χ0n) is 12.0. The summed E-state index contributed by atoms with van der Waals surface area (Å²) in [5, 5.41) is 16.8. The highest BCUT2D eigenvalue weighted by Gasteiger charge is 2.23. The Hall–Kier alpha value is -1.67. The topological polar surface area (TPSA) is 102 Å². The second-order valence-corrected chi connectivity index (χ2v) is 5.18. The van der Waals surface area contributed by atoms with Crippen LogP contribution < -0.4 is 10.6 Å². The Morgan fingerprint density at radius 1 is 1.67 bits per heavy atom. The number of nitrogens with one attached hydrogen (secondary N) is 2. The number of nitro groups is 1. The van der Waals surface area contributed by atoms with Gasteiger partial charge in [0.25, 0.3) is 0 Å². The fourth-order valence-corrected chi connectivity index (χ4v) is 2.33. The normalized spacial score (nSPS) is 21.4. The third-order valence-corrected chi connectivity index (χ3v) is 3.64. The summed E-state index contributed by atoms with van der Waals surface area (Å²) in [6, 6.07) is 0.107. The van der Waals surface area contributed by atoms with Crippen LogP contribution in [-0.4, -0.2) is 39.5 Å². The van der Waals surface area contributed by atoms with Crippen LogP contribution in [0.3, 0.4) is 0 Å². The third kappa shape index (κ3) is 4.40. The molecule has 0 radical (unpaired) electrons. The second-order valence-electron chi connectivity index (χ2n) is 5.18. The Kier molecular flexibility index (Phi) is 6.10. The van der Waals surface area contributed by atoms with E-state index in [4.69, 9.17) is 0 Å². The Bertz CT molecular complexity index is 519. The van der Waals surface area contributed by atoms with Crippen LogP contribution in [0.25, 0.3) is 0 Å². The van der Waals surface area contributed by atoms with Crippen molar-refractivity contribution in [3.8, 4) is 0 Å². The molecule has 1 saturated heterocycles. The molecule has 1 aromatic heterocycles. The van der Waals surface area contributed by atoms with Gasteiger partial charge in [-0.3, -0.25) is 9.36 Å². The van der Waals surface area contributed by atoms with Gasteiger partial charge in [-0.15, -0.1) is 12.4 Å². The van der Waals surface area contributed by atoms with Crippen LogP contribution in [0.5, 0.6) is 0 Å². The predicted octanol–water partition coefficient (Wildman–Crippen LogP) is 0.636. The average Bonchev–Trinajstić information content (AvgIpc) is 2.74. The van der Waals surface area contributed by atoms with Crippen LogP contribution >= 0.6 is 12.4 Å². The van der Waals surface area contributed by atoms with E-state index in [0.717, 1.165) is 19.5 Å². The number of hydrogen-bond donors (Lipinski definition) is 2. The fraction of sp³-hybridized carbons (Fsp3) is 0.667. The highest BCUT2D eigenvalue weighted by atomic mass is 35.5. The smallest absolute Gasteiger partial charge is 0.358 e. The quantitative estimate of drug-likeness (QED) is 0.626. The van der Waals surface area contributed by atoms with E-state index in [2.05, 4.69) is 22.5 Å². The third-order valence-electron chi connectivity index (χ3n) is 3.64. The number of aromatic nitrogens is 2. The average molecular weight is 318 g/mol. The maximum atomic E-state index is 12.0. The van der Waals surface area contributed by atoms with E-state index in [9.17, 15) is 14.9 Å². The van der Waals surface area contributed by atoms with Gasteiger partial charge in [0.05, 0.1) is 0 Å². The van der Waals surface area contributed by atoms with E-state index >= 15 is 0 Å².